The Morgan fingerprint density at radius 1 is 0.894 bits per heavy atom. The monoisotopic (exact) mass is 619 g/mol. The molecule has 2 N–H and O–H groups in total. The Morgan fingerprint density at radius 3 is 2.45 bits per heavy atom. The van der Waals surface area contributed by atoms with Crippen LogP contribution in [0.25, 0.3) is 33.4 Å². The number of anilines is 4. The Kier molecular flexibility index (Phi) is 7.71. The van der Waals surface area contributed by atoms with Crippen LogP contribution < -0.4 is 15.5 Å². The van der Waals surface area contributed by atoms with E-state index in [1.165, 1.54) is 11.1 Å². The van der Waals surface area contributed by atoms with Gasteiger partial charge < -0.3 is 10.6 Å². The number of nitriles is 1. The Morgan fingerprint density at radius 2 is 1.70 bits per heavy atom. The number of hydrogen-bond donors (Lipinski definition) is 2. The van der Waals surface area contributed by atoms with Crippen LogP contribution in [0.15, 0.2) is 114 Å². The van der Waals surface area contributed by atoms with Gasteiger partial charge in [-0.05, 0) is 64.4 Å². The molecular formula is C34H25N11O2. The molecule has 0 aliphatic rings. The number of urea groups is 1. The van der Waals surface area contributed by atoms with E-state index in [9.17, 15) is 10.1 Å². The third-order valence-corrected chi connectivity index (χ3v) is 7.32. The predicted molar refractivity (Wildman–Crippen MR) is 175 cm³/mol. The Labute approximate surface area is 268 Å². The Hall–Kier alpha value is -6.94. The van der Waals surface area contributed by atoms with Crippen LogP contribution >= 0.6 is 0 Å². The maximum absolute atomic E-state index is 13.6. The van der Waals surface area contributed by atoms with E-state index in [-0.39, 0.29) is 12.0 Å². The number of amides is 2. The summed E-state index contributed by atoms with van der Waals surface area (Å²) in [7, 11) is 1.85. The van der Waals surface area contributed by atoms with Gasteiger partial charge in [-0.1, -0.05) is 36.4 Å². The topological polar surface area (TPSA) is 164 Å². The zero-order valence-corrected chi connectivity index (χ0v) is 24.9. The second-order valence-corrected chi connectivity index (χ2v) is 10.5. The van der Waals surface area contributed by atoms with E-state index in [1.54, 1.807) is 53.5 Å². The number of hydrogen-bond acceptors (Lipinski definition) is 10. The van der Waals surface area contributed by atoms with Crippen LogP contribution in [-0.4, -0.2) is 41.1 Å². The molecule has 0 aliphatic carbocycles. The van der Waals surface area contributed by atoms with Crippen LogP contribution in [0.5, 0.6) is 0 Å². The molecular weight excluding hydrogens is 594 g/mol. The zero-order valence-electron chi connectivity index (χ0n) is 24.9. The summed E-state index contributed by atoms with van der Waals surface area (Å²) < 4.78 is 6.52. The van der Waals surface area contributed by atoms with Gasteiger partial charge in [0.05, 0.1) is 29.3 Å². The summed E-state index contributed by atoms with van der Waals surface area (Å²) in [4.78, 5) is 28.7. The number of aryl methyl sites for hydroxylation is 1. The Bertz CT molecular complexity index is 2220. The molecule has 0 saturated carbocycles. The van der Waals surface area contributed by atoms with Gasteiger partial charge >= 0.3 is 6.03 Å². The smallest absolute Gasteiger partial charge is 0.327 e. The molecule has 7 rings (SSSR count). The fraction of sp³-hybridized carbons (Fsp3) is 0.0588. The summed E-state index contributed by atoms with van der Waals surface area (Å²) in [5, 5.41) is 27.8. The first-order valence-electron chi connectivity index (χ1n) is 14.5. The number of fused-ring (bicyclic) bond motifs is 1. The molecule has 7 aromatic rings. The molecule has 0 atom stereocenters. The van der Waals surface area contributed by atoms with E-state index in [1.807, 2.05) is 61.8 Å². The van der Waals surface area contributed by atoms with Gasteiger partial charge in [0.15, 0.2) is 0 Å². The van der Waals surface area contributed by atoms with Gasteiger partial charge in [-0.2, -0.15) is 10.4 Å². The van der Waals surface area contributed by atoms with Crippen molar-refractivity contribution in [1.29, 1.82) is 5.26 Å². The standard InChI is InChI=1S/C34H25N11O2/c1-44-21-26(20-39-44)24-8-14-31(36-18-24)45(34(46)38-17-22-5-3-2-4-6-22)28-11-9-27(10-12-28)40-33-37-19-25(16-35)32(41-33)23-7-13-29-30(15-23)43-47-42-29/h2-15,18-21H,17H2,1H3,(H,38,46)(H,37,40,41). The van der Waals surface area contributed by atoms with Gasteiger partial charge in [0.1, 0.15) is 22.9 Å². The normalized spacial score (nSPS) is 10.8. The van der Waals surface area contributed by atoms with Gasteiger partial charge in [0.2, 0.25) is 5.95 Å². The molecule has 4 heterocycles. The van der Waals surface area contributed by atoms with Gasteiger partial charge in [-0.3, -0.25) is 4.68 Å². The number of pyridine rings is 1. The van der Waals surface area contributed by atoms with Crippen molar-refractivity contribution in [1.82, 2.24) is 40.4 Å². The molecule has 2 amide bonds. The van der Waals surface area contributed by atoms with Gasteiger partial charge in [-0.25, -0.2) is 29.3 Å². The SMILES string of the molecule is Cn1cc(-c2ccc(N(C(=O)NCc3ccccc3)c3ccc(Nc4ncc(C#N)c(-c5ccc6nonc6c5)n4)cc3)nc2)cn1. The summed E-state index contributed by atoms with van der Waals surface area (Å²) in [6, 6.07) is 27.7. The van der Waals surface area contributed by atoms with Crippen molar-refractivity contribution in [3.05, 3.63) is 121 Å². The van der Waals surface area contributed by atoms with Crippen molar-refractivity contribution in [3.8, 4) is 28.5 Å². The summed E-state index contributed by atoms with van der Waals surface area (Å²) in [5.41, 5.74) is 6.61. The minimum absolute atomic E-state index is 0.287. The van der Waals surface area contributed by atoms with Crippen molar-refractivity contribution >= 4 is 40.2 Å². The molecule has 13 heteroatoms. The van der Waals surface area contributed by atoms with Gasteiger partial charge in [-0.15, -0.1) is 0 Å². The van der Waals surface area contributed by atoms with E-state index in [2.05, 4.69) is 47.1 Å². The highest BCUT2D eigenvalue weighted by Gasteiger charge is 2.20. The number of aromatic nitrogens is 7. The molecule has 13 nitrogen and oxygen atoms in total. The highest BCUT2D eigenvalue weighted by Crippen LogP contribution is 2.29. The fourth-order valence-electron chi connectivity index (χ4n) is 4.96. The number of benzene rings is 3. The van der Waals surface area contributed by atoms with Gasteiger partial charge in [0, 0.05) is 48.4 Å². The third-order valence-electron chi connectivity index (χ3n) is 7.32. The predicted octanol–water partition coefficient (Wildman–Crippen LogP) is 6.14. The molecule has 47 heavy (non-hydrogen) atoms. The largest absolute Gasteiger partial charge is 0.333 e. The maximum Gasteiger partial charge on any atom is 0.327 e. The summed E-state index contributed by atoms with van der Waals surface area (Å²) >= 11 is 0. The highest BCUT2D eigenvalue weighted by molar-refractivity contribution is 5.98. The molecule has 0 aliphatic heterocycles. The van der Waals surface area contributed by atoms with E-state index < -0.39 is 0 Å². The number of nitrogens with zero attached hydrogens (tertiary/aromatic N) is 9. The molecule has 0 spiro atoms. The second-order valence-electron chi connectivity index (χ2n) is 10.5. The number of nitrogens with one attached hydrogen (secondary N) is 2. The van der Waals surface area contributed by atoms with Crippen LogP contribution in [0, 0.1) is 11.3 Å². The molecule has 0 bridgehead atoms. The average Bonchev–Trinajstić information content (AvgIpc) is 3.77. The van der Waals surface area contributed by atoms with Crippen molar-refractivity contribution < 1.29 is 9.42 Å². The fourth-order valence-corrected chi connectivity index (χ4v) is 4.96. The van der Waals surface area contributed by atoms with Crippen LogP contribution in [0.2, 0.25) is 0 Å². The van der Waals surface area contributed by atoms with E-state index in [0.29, 0.717) is 51.6 Å². The van der Waals surface area contributed by atoms with E-state index in [0.717, 1.165) is 16.7 Å². The number of carbonyl (C=O) groups is 1. The van der Waals surface area contributed by atoms with Crippen molar-refractivity contribution in [2.45, 2.75) is 6.54 Å². The summed E-state index contributed by atoms with van der Waals surface area (Å²) in [5.74, 6) is 0.735. The van der Waals surface area contributed by atoms with E-state index in [4.69, 9.17) is 4.63 Å². The quantitative estimate of drug-likeness (QED) is 0.202. The number of rotatable bonds is 8. The second kappa shape index (κ2) is 12.6. The third kappa shape index (κ3) is 6.19. The minimum atomic E-state index is -0.337. The highest BCUT2D eigenvalue weighted by atomic mass is 16.6. The van der Waals surface area contributed by atoms with Crippen molar-refractivity contribution in [2.24, 2.45) is 7.05 Å². The molecule has 0 fully saturated rings. The van der Waals surface area contributed by atoms with Crippen LogP contribution in [-0.2, 0) is 13.6 Å². The maximum atomic E-state index is 13.6. The average molecular weight is 620 g/mol. The lowest BCUT2D eigenvalue weighted by Gasteiger charge is -2.23. The molecule has 0 unspecified atom stereocenters. The Balaban J connectivity index is 1.15. The zero-order chi connectivity index (χ0) is 32.2. The van der Waals surface area contributed by atoms with Gasteiger partial charge in [0.25, 0.3) is 0 Å². The molecule has 228 valence electrons. The summed E-state index contributed by atoms with van der Waals surface area (Å²) in [6.07, 6.45) is 6.85. The van der Waals surface area contributed by atoms with Crippen LogP contribution in [0.3, 0.4) is 0 Å². The van der Waals surface area contributed by atoms with Crippen LogP contribution in [0.1, 0.15) is 11.1 Å². The first kappa shape index (κ1) is 28.8. The molecule has 0 radical (unpaired) electrons. The first-order chi connectivity index (χ1) is 23.0. The minimum Gasteiger partial charge on any atom is -0.333 e. The lowest BCUT2D eigenvalue weighted by Crippen LogP contribution is -2.37. The van der Waals surface area contributed by atoms with Crippen LogP contribution in [0.4, 0.5) is 27.9 Å². The number of carbonyl (C=O) groups excluding carboxylic acids is 1. The van der Waals surface area contributed by atoms with E-state index >= 15 is 0 Å². The summed E-state index contributed by atoms with van der Waals surface area (Å²) in [6.45, 7) is 0.349. The molecule has 4 aromatic heterocycles. The lowest BCUT2D eigenvalue weighted by atomic mass is 10.1. The first-order valence-corrected chi connectivity index (χ1v) is 14.5. The molecule has 3 aromatic carbocycles. The van der Waals surface area contributed by atoms with Crippen molar-refractivity contribution in [3.63, 3.8) is 0 Å². The molecule has 0 saturated heterocycles. The van der Waals surface area contributed by atoms with Crippen molar-refractivity contribution in [2.75, 3.05) is 10.2 Å². The lowest BCUT2D eigenvalue weighted by molar-refractivity contribution is 0.248.